The molecule has 1 unspecified atom stereocenters. The van der Waals surface area contributed by atoms with Crippen LogP contribution in [0, 0.1) is 5.92 Å². The molecule has 1 saturated carbocycles. The first-order valence-corrected chi connectivity index (χ1v) is 8.57. The zero-order valence-corrected chi connectivity index (χ0v) is 13.1. The van der Waals surface area contributed by atoms with Crippen molar-refractivity contribution < 1.29 is 9.53 Å². The molecular formula is C18H26N2O2. The molecule has 2 N–H and O–H groups in total. The third-order valence-corrected chi connectivity index (χ3v) is 4.70. The summed E-state index contributed by atoms with van der Waals surface area (Å²) in [6.45, 7) is 2.94. The Balaban J connectivity index is 1.48. The highest BCUT2D eigenvalue weighted by Gasteiger charge is 2.17. The highest BCUT2D eigenvalue weighted by Crippen LogP contribution is 2.24. The van der Waals surface area contributed by atoms with Gasteiger partial charge in [-0.3, -0.25) is 4.79 Å². The molecule has 1 aromatic carbocycles. The summed E-state index contributed by atoms with van der Waals surface area (Å²) in [5.41, 5.74) is 0.694. The SMILES string of the molecule is O=C(NCCC1CCNC1)c1cccc(OC2CCCC2)c1. The molecule has 0 radical (unpaired) electrons. The highest BCUT2D eigenvalue weighted by molar-refractivity contribution is 5.94. The summed E-state index contributed by atoms with van der Waals surface area (Å²) in [4.78, 5) is 12.2. The number of carbonyl (C=O) groups is 1. The number of benzene rings is 1. The van der Waals surface area contributed by atoms with Crippen LogP contribution in [0.4, 0.5) is 0 Å². The van der Waals surface area contributed by atoms with Crippen LogP contribution < -0.4 is 15.4 Å². The molecule has 1 saturated heterocycles. The average Bonchev–Trinajstić information content (AvgIpc) is 3.21. The summed E-state index contributed by atoms with van der Waals surface area (Å²) in [5.74, 6) is 1.53. The summed E-state index contributed by atoms with van der Waals surface area (Å²) in [6, 6.07) is 7.57. The predicted octanol–water partition coefficient (Wildman–Crippen LogP) is 2.74. The van der Waals surface area contributed by atoms with E-state index >= 15 is 0 Å². The van der Waals surface area contributed by atoms with Gasteiger partial charge in [-0.25, -0.2) is 0 Å². The van der Waals surface area contributed by atoms with Crippen LogP contribution >= 0.6 is 0 Å². The van der Waals surface area contributed by atoms with Crippen molar-refractivity contribution in [3.05, 3.63) is 29.8 Å². The fourth-order valence-electron chi connectivity index (χ4n) is 3.36. The first-order valence-electron chi connectivity index (χ1n) is 8.57. The van der Waals surface area contributed by atoms with E-state index < -0.39 is 0 Å². The van der Waals surface area contributed by atoms with Gasteiger partial charge in [-0.1, -0.05) is 6.07 Å². The Morgan fingerprint density at radius 2 is 2.14 bits per heavy atom. The minimum Gasteiger partial charge on any atom is -0.490 e. The van der Waals surface area contributed by atoms with Gasteiger partial charge in [-0.2, -0.15) is 0 Å². The fraction of sp³-hybridized carbons (Fsp3) is 0.611. The minimum absolute atomic E-state index is 0.00262. The Labute approximate surface area is 132 Å². The van der Waals surface area contributed by atoms with Crippen LogP contribution in [0.2, 0.25) is 0 Å². The third-order valence-electron chi connectivity index (χ3n) is 4.70. The third kappa shape index (κ3) is 4.23. The lowest BCUT2D eigenvalue weighted by atomic mass is 10.1. The molecule has 0 aromatic heterocycles. The Hall–Kier alpha value is -1.55. The van der Waals surface area contributed by atoms with Crippen LogP contribution in [0.1, 0.15) is 48.9 Å². The molecule has 1 aliphatic carbocycles. The summed E-state index contributed by atoms with van der Waals surface area (Å²) in [7, 11) is 0. The van der Waals surface area contributed by atoms with Gasteiger partial charge in [0.05, 0.1) is 6.10 Å². The number of nitrogens with one attached hydrogen (secondary N) is 2. The normalized spacial score (nSPS) is 21.9. The molecule has 120 valence electrons. The lowest BCUT2D eigenvalue weighted by molar-refractivity contribution is 0.0950. The number of rotatable bonds is 6. The summed E-state index contributed by atoms with van der Waals surface area (Å²) in [5, 5.41) is 6.38. The second kappa shape index (κ2) is 7.63. The van der Waals surface area contributed by atoms with Crippen molar-refractivity contribution in [1.29, 1.82) is 0 Å². The molecule has 1 aromatic rings. The van der Waals surface area contributed by atoms with Crippen LogP contribution in [-0.4, -0.2) is 31.6 Å². The van der Waals surface area contributed by atoms with Gasteiger partial charge < -0.3 is 15.4 Å². The van der Waals surface area contributed by atoms with Crippen LogP contribution in [0.25, 0.3) is 0 Å². The lowest BCUT2D eigenvalue weighted by Gasteiger charge is -2.14. The van der Waals surface area contributed by atoms with Crippen molar-refractivity contribution in [2.75, 3.05) is 19.6 Å². The monoisotopic (exact) mass is 302 g/mol. The van der Waals surface area contributed by atoms with Gasteiger partial charge in [-0.05, 0) is 75.7 Å². The maximum atomic E-state index is 12.2. The van der Waals surface area contributed by atoms with Crippen LogP contribution in [0.5, 0.6) is 5.75 Å². The number of hydrogen-bond acceptors (Lipinski definition) is 3. The van der Waals surface area contributed by atoms with E-state index in [1.807, 2.05) is 24.3 Å². The van der Waals surface area contributed by atoms with Gasteiger partial charge in [-0.15, -0.1) is 0 Å². The zero-order chi connectivity index (χ0) is 15.2. The first-order chi connectivity index (χ1) is 10.8. The largest absolute Gasteiger partial charge is 0.490 e. The van der Waals surface area contributed by atoms with E-state index in [0.29, 0.717) is 17.6 Å². The summed E-state index contributed by atoms with van der Waals surface area (Å²) >= 11 is 0. The lowest BCUT2D eigenvalue weighted by Crippen LogP contribution is -2.26. The topological polar surface area (TPSA) is 50.4 Å². The number of carbonyl (C=O) groups excluding carboxylic acids is 1. The molecule has 1 heterocycles. The van der Waals surface area contributed by atoms with Crippen LogP contribution in [0.15, 0.2) is 24.3 Å². The fourth-order valence-corrected chi connectivity index (χ4v) is 3.36. The van der Waals surface area contributed by atoms with Crippen LogP contribution in [-0.2, 0) is 0 Å². The Morgan fingerprint density at radius 3 is 2.91 bits per heavy atom. The number of ether oxygens (including phenoxy) is 1. The maximum absolute atomic E-state index is 12.2. The van der Waals surface area contributed by atoms with E-state index in [2.05, 4.69) is 10.6 Å². The molecule has 4 nitrogen and oxygen atoms in total. The van der Waals surface area contributed by atoms with E-state index in [-0.39, 0.29) is 5.91 Å². The van der Waals surface area contributed by atoms with E-state index in [1.165, 1.54) is 19.3 Å². The van der Waals surface area contributed by atoms with Crippen molar-refractivity contribution in [2.45, 2.75) is 44.6 Å². The number of hydrogen-bond donors (Lipinski definition) is 2. The second-order valence-corrected chi connectivity index (χ2v) is 6.46. The molecule has 4 heteroatoms. The van der Waals surface area contributed by atoms with Gasteiger partial charge >= 0.3 is 0 Å². The van der Waals surface area contributed by atoms with Gasteiger partial charge in [0.2, 0.25) is 0 Å². The van der Waals surface area contributed by atoms with Gasteiger partial charge in [0.25, 0.3) is 5.91 Å². The molecule has 0 spiro atoms. The van der Waals surface area contributed by atoms with Gasteiger partial charge in [0, 0.05) is 12.1 Å². The quantitative estimate of drug-likeness (QED) is 0.849. The zero-order valence-electron chi connectivity index (χ0n) is 13.1. The molecule has 2 aliphatic rings. The summed E-state index contributed by atoms with van der Waals surface area (Å²) in [6.07, 6.45) is 7.37. The van der Waals surface area contributed by atoms with E-state index in [0.717, 1.165) is 44.6 Å². The predicted molar refractivity (Wildman–Crippen MR) is 87.3 cm³/mol. The van der Waals surface area contributed by atoms with E-state index in [1.54, 1.807) is 0 Å². The number of amides is 1. The van der Waals surface area contributed by atoms with Crippen molar-refractivity contribution in [3.8, 4) is 5.75 Å². The molecular weight excluding hydrogens is 276 g/mol. The average molecular weight is 302 g/mol. The second-order valence-electron chi connectivity index (χ2n) is 6.46. The van der Waals surface area contributed by atoms with E-state index in [9.17, 15) is 4.79 Å². The van der Waals surface area contributed by atoms with Crippen molar-refractivity contribution in [2.24, 2.45) is 5.92 Å². The summed E-state index contributed by atoms with van der Waals surface area (Å²) < 4.78 is 5.96. The van der Waals surface area contributed by atoms with Crippen molar-refractivity contribution >= 4 is 5.91 Å². The smallest absolute Gasteiger partial charge is 0.251 e. The molecule has 0 bridgehead atoms. The van der Waals surface area contributed by atoms with Gasteiger partial charge in [0.15, 0.2) is 0 Å². The molecule has 1 atom stereocenters. The van der Waals surface area contributed by atoms with E-state index in [4.69, 9.17) is 4.74 Å². The molecule has 1 amide bonds. The Kier molecular flexibility index (Phi) is 5.33. The molecule has 3 rings (SSSR count). The maximum Gasteiger partial charge on any atom is 0.251 e. The van der Waals surface area contributed by atoms with Crippen molar-refractivity contribution in [1.82, 2.24) is 10.6 Å². The highest BCUT2D eigenvalue weighted by atomic mass is 16.5. The van der Waals surface area contributed by atoms with Crippen LogP contribution in [0.3, 0.4) is 0 Å². The molecule has 22 heavy (non-hydrogen) atoms. The van der Waals surface area contributed by atoms with Gasteiger partial charge in [0.1, 0.15) is 5.75 Å². The standard InChI is InChI=1S/C18H26N2O2/c21-18(20-11-9-14-8-10-19-13-14)15-4-3-7-17(12-15)22-16-5-1-2-6-16/h3-4,7,12,14,16,19H,1-2,5-6,8-11,13H2,(H,20,21). The molecule has 1 aliphatic heterocycles. The molecule has 2 fully saturated rings. The first kappa shape index (κ1) is 15.3. The Bertz CT molecular complexity index is 492. The Morgan fingerprint density at radius 1 is 1.27 bits per heavy atom. The van der Waals surface area contributed by atoms with Crippen molar-refractivity contribution in [3.63, 3.8) is 0 Å². The minimum atomic E-state index is 0.00262.